The Morgan fingerprint density at radius 2 is 1.88 bits per heavy atom. The van der Waals surface area contributed by atoms with Crippen molar-refractivity contribution in [3.63, 3.8) is 0 Å². The molecule has 24 heavy (non-hydrogen) atoms. The second-order valence-electron chi connectivity index (χ2n) is 5.77. The van der Waals surface area contributed by atoms with Crippen LogP contribution in [0.3, 0.4) is 0 Å². The molecule has 0 unspecified atom stereocenters. The molecule has 2 aromatic heterocycles. The summed E-state index contributed by atoms with van der Waals surface area (Å²) in [6, 6.07) is 6.58. The van der Waals surface area contributed by atoms with Crippen molar-refractivity contribution in [2.45, 2.75) is 6.92 Å². The summed E-state index contributed by atoms with van der Waals surface area (Å²) in [7, 11) is 0. The zero-order valence-electron chi connectivity index (χ0n) is 13.1. The predicted octanol–water partition coefficient (Wildman–Crippen LogP) is 3.87. The highest BCUT2D eigenvalue weighted by atomic mass is 35.5. The van der Waals surface area contributed by atoms with Gasteiger partial charge in [0, 0.05) is 36.6 Å². The maximum atomic E-state index is 13.3. The number of aromatic nitrogens is 2. The Balaban J connectivity index is 1.96. The normalized spacial score (nSPS) is 15.2. The summed E-state index contributed by atoms with van der Waals surface area (Å²) >= 11 is 7.76. The van der Waals surface area contributed by atoms with Crippen molar-refractivity contribution in [1.82, 2.24) is 15.3 Å². The SMILES string of the molecule is Cc1sc2nc(Cl)nc(N3CCNCC3)c2c1-c1ccc(F)cc1. The van der Waals surface area contributed by atoms with Gasteiger partial charge < -0.3 is 10.2 Å². The Morgan fingerprint density at radius 1 is 1.17 bits per heavy atom. The molecule has 3 aromatic rings. The molecule has 1 aromatic carbocycles. The summed E-state index contributed by atoms with van der Waals surface area (Å²) in [6.07, 6.45) is 0. The van der Waals surface area contributed by atoms with Gasteiger partial charge in [-0.1, -0.05) is 12.1 Å². The van der Waals surface area contributed by atoms with Gasteiger partial charge in [0.2, 0.25) is 5.28 Å². The van der Waals surface area contributed by atoms with Gasteiger partial charge in [0.15, 0.2) is 0 Å². The van der Waals surface area contributed by atoms with Crippen molar-refractivity contribution in [2.24, 2.45) is 0 Å². The van der Waals surface area contributed by atoms with Gasteiger partial charge in [0.1, 0.15) is 16.5 Å². The molecule has 1 aliphatic heterocycles. The summed E-state index contributed by atoms with van der Waals surface area (Å²) in [4.78, 5) is 13.2. The van der Waals surface area contributed by atoms with Crippen molar-refractivity contribution in [3.05, 3.63) is 40.2 Å². The first-order chi connectivity index (χ1) is 11.6. The number of halogens is 2. The van der Waals surface area contributed by atoms with Gasteiger partial charge in [-0.3, -0.25) is 0 Å². The highest BCUT2D eigenvalue weighted by Crippen LogP contribution is 2.42. The monoisotopic (exact) mass is 362 g/mol. The number of nitrogens with one attached hydrogen (secondary N) is 1. The lowest BCUT2D eigenvalue weighted by Crippen LogP contribution is -2.44. The minimum absolute atomic E-state index is 0.238. The highest BCUT2D eigenvalue weighted by Gasteiger charge is 2.22. The van der Waals surface area contributed by atoms with E-state index < -0.39 is 0 Å². The van der Waals surface area contributed by atoms with Crippen molar-refractivity contribution in [2.75, 3.05) is 31.1 Å². The minimum atomic E-state index is -0.238. The highest BCUT2D eigenvalue weighted by molar-refractivity contribution is 7.19. The molecular weight excluding hydrogens is 347 g/mol. The summed E-state index contributed by atoms with van der Waals surface area (Å²) in [6.45, 7) is 5.64. The topological polar surface area (TPSA) is 41.1 Å². The van der Waals surface area contributed by atoms with Crippen molar-refractivity contribution < 1.29 is 4.39 Å². The number of hydrogen-bond donors (Lipinski definition) is 1. The van der Waals surface area contributed by atoms with E-state index in [9.17, 15) is 4.39 Å². The minimum Gasteiger partial charge on any atom is -0.353 e. The van der Waals surface area contributed by atoms with Crippen molar-refractivity contribution >= 4 is 39.0 Å². The standard InChI is InChI=1S/C17H16ClFN4S/c1-10-13(11-2-4-12(19)5-3-11)14-15(23-8-6-20-7-9-23)21-17(18)22-16(14)24-10/h2-5,20H,6-9H2,1H3. The number of nitrogens with zero attached hydrogens (tertiary/aromatic N) is 3. The van der Waals surface area contributed by atoms with E-state index in [-0.39, 0.29) is 11.1 Å². The van der Waals surface area contributed by atoms with E-state index in [1.807, 2.05) is 0 Å². The zero-order valence-corrected chi connectivity index (χ0v) is 14.7. The second-order valence-corrected chi connectivity index (χ2v) is 7.31. The number of piperazine rings is 1. The van der Waals surface area contributed by atoms with Crippen LogP contribution in [0.1, 0.15) is 4.88 Å². The van der Waals surface area contributed by atoms with Crippen LogP contribution in [-0.4, -0.2) is 36.1 Å². The predicted molar refractivity (Wildman–Crippen MR) is 97.6 cm³/mol. The third kappa shape index (κ3) is 2.75. The van der Waals surface area contributed by atoms with Crippen LogP contribution in [0.4, 0.5) is 10.2 Å². The van der Waals surface area contributed by atoms with Gasteiger partial charge in [-0.05, 0) is 36.2 Å². The van der Waals surface area contributed by atoms with Crippen LogP contribution >= 0.6 is 22.9 Å². The molecule has 0 saturated carbocycles. The van der Waals surface area contributed by atoms with Crippen LogP contribution in [0.2, 0.25) is 5.28 Å². The third-order valence-corrected chi connectivity index (χ3v) is 5.40. The van der Waals surface area contributed by atoms with Crippen LogP contribution in [0.15, 0.2) is 24.3 Å². The number of anilines is 1. The summed E-state index contributed by atoms with van der Waals surface area (Å²) < 4.78 is 13.3. The molecule has 0 aliphatic carbocycles. The van der Waals surface area contributed by atoms with Gasteiger partial charge in [0.25, 0.3) is 0 Å². The molecule has 1 saturated heterocycles. The average Bonchev–Trinajstić information content (AvgIpc) is 2.91. The Morgan fingerprint density at radius 3 is 2.58 bits per heavy atom. The van der Waals surface area contributed by atoms with Gasteiger partial charge in [-0.15, -0.1) is 11.3 Å². The lowest BCUT2D eigenvalue weighted by Gasteiger charge is -2.29. The van der Waals surface area contributed by atoms with Crippen molar-refractivity contribution in [3.8, 4) is 11.1 Å². The number of thiophene rings is 1. The van der Waals surface area contributed by atoms with E-state index in [4.69, 9.17) is 11.6 Å². The van der Waals surface area contributed by atoms with Crippen molar-refractivity contribution in [1.29, 1.82) is 0 Å². The number of hydrogen-bond acceptors (Lipinski definition) is 5. The van der Waals surface area contributed by atoms with E-state index in [1.54, 1.807) is 23.5 Å². The van der Waals surface area contributed by atoms with Gasteiger partial charge in [0.05, 0.1) is 5.39 Å². The van der Waals surface area contributed by atoms with E-state index in [0.29, 0.717) is 0 Å². The number of fused-ring (bicyclic) bond motifs is 1. The quantitative estimate of drug-likeness (QED) is 0.703. The molecule has 124 valence electrons. The molecular formula is C17H16ClFN4S. The molecule has 0 radical (unpaired) electrons. The Bertz CT molecular complexity index is 888. The number of rotatable bonds is 2. The molecule has 0 spiro atoms. The lowest BCUT2D eigenvalue weighted by molar-refractivity contribution is 0.586. The van der Waals surface area contributed by atoms with E-state index >= 15 is 0 Å². The fraction of sp³-hybridized carbons (Fsp3) is 0.294. The molecule has 4 rings (SSSR count). The van der Waals surface area contributed by atoms with Crippen LogP contribution in [0.5, 0.6) is 0 Å². The first-order valence-corrected chi connectivity index (χ1v) is 9.01. The maximum absolute atomic E-state index is 13.3. The smallest absolute Gasteiger partial charge is 0.225 e. The van der Waals surface area contributed by atoms with E-state index in [1.165, 1.54) is 12.1 Å². The summed E-state index contributed by atoms with van der Waals surface area (Å²) in [5, 5.41) is 4.62. The van der Waals surface area contributed by atoms with E-state index in [0.717, 1.165) is 58.2 Å². The molecule has 0 bridgehead atoms. The van der Waals surface area contributed by atoms with Gasteiger partial charge >= 0.3 is 0 Å². The fourth-order valence-electron chi connectivity index (χ4n) is 3.14. The number of aryl methyl sites for hydroxylation is 1. The van der Waals surface area contributed by atoms with Crippen LogP contribution < -0.4 is 10.2 Å². The molecule has 0 amide bonds. The summed E-state index contributed by atoms with van der Waals surface area (Å²) in [5.41, 5.74) is 2.04. The van der Waals surface area contributed by atoms with Gasteiger partial charge in [-0.2, -0.15) is 4.98 Å². The molecule has 1 fully saturated rings. The molecule has 0 atom stereocenters. The largest absolute Gasteiger partial charge is 0.353 e. The molecule has 1 aliphatic rings. The molecule has 1 N–H and O–H groups in total. The second kappa shape index (κ2) is 6.27. The zero-order chi connectivity index (χ0) is 16.7. The van der Waals surface area contributed by atoms with E-state index in [2.05, 4.69) is 27.1 Å². The van der Waals surface area contributed by atoms with Crippen LogP contribution in [0, 0.1) is 12.7 Å². The lowest BCUT2D eigenvalue weighted by atomic mass is 10.0. The van der Waals surface area contributed by atoms with Gasteiger partial charge in [-0.25, -0.2) is 9.37 Å². The first-order valence-electron chi connectivity index (χ1n) is 7.82. The Labute approximate surface area is 148 Å². The first kappa shape index (κ1) is 15.7. The van der Waals surface area contributed by atoms with Crippen LogP contribution in [0.25, 0.3) is 21.3 Å². The Hall–Kier alpha value is -1.76. The fourth-order valence-corrected chi connectivity index (χ4v) is 4.39. The number of benzene rings is 1. The Kier molecular flexibility index (Phi) is 4.12. The molecule has 4 nitrogen and oxygen atoms in total. The van der Waals surface area contributed by atoms with Crippen LogP contribution in [-0.2, 0) is 0 Å². The summed E-state index contributed by atoms with van der Waals surface area (Å²) in [5.74, 6) is 0.632. The molecule has 7 heteroatoms. The average molecular weight is 363 g/mol. The molecule has 3 heterocycles. The maximum Gasteiger partial charge on any atom is 0.225 e. The third-order valence-electron chi connectivity index (χ3n) is 4.23.